The summed E-state index contributed by atoms with van der Waals surface area (Å²) in [4.78, 5) is 27.0. The molecule has 88 valence electrons. The molecule has 0 aliphatic heterocycles. The van der Waals surface area contributed by atoms with Crippen molar-refractivity contribution in [3.8, 4) is 0 Å². The van der Waals surface area contributed by atoms with E-state index in [2.05, 4.69) is 20.9 Å². The first-order valence-electron chi connectivity index (χ1n) is 4.89. The predicted octanol–water partition coefficient (Wildman–Crippen LogP) is 2.13. The molecule has 2 rings (SSSR count). The van der Waals surface area contributed by atoms with Crippen LogP contribution in [0.3, 0.4) is 0 Å². The molecule has 0 aliphatic rings. The Balaban J connectivity index is 2.66. The Kier molecular flexibility index (Phi) is 3.23. The fourth-order valence-electron chi connectivity index (χ4n) is 1.36. The number of ether oxygens (including phenoxy) is 1. The minimum atomic E-state index is -0.714. The number of halogens is 1. The first kappa shape index (κ1) is 11.8. The molecule has 0 radical (unpaired) electrons. The Morgan fingerprint density at radius 2 is 2.35 bits per heavy atom. The Morgan fingerprint density at radius 1 is 1.59 bits per heavy atom. The van der Waals surface area contributed by atoms with E-state index in [1.54, 1.807) is 13.0 Å². The molecular weight excluding hydrogens is 290 g/mol. The van der Waals surface area contributed by atoms with E-state index < -0.39 is 11.6 Å². The zero-order chi connectivity index (χ0) is 12.4. The van der Waals surface area contributed by atoms with Crippen LogP contribution in [0.2, 0.25) is 0 Å². The summed E-state index contributed by atoms with van der Waals surface area (Å²) in [5, 5.41) is 0.551. The van der Waals surface area contributed by atoms with Crippen LogP contribution < -0.4 is 5.63 Å². The highest BCUT2D eigenvalue weighted by molar-refractivity contribution is 9.10. The average molecular weight is 298 g/mol. The highest BCUT2D eigenvalue weighted by Gasteiger charge is 2.15. The van der Waals surface area contributed by atoms with Crippen molar-refractivity contribution in [3.05, 3.63) is 38.9 Å². The highest BCUT2D eigenvalue weighted by Crippen LogP contribution is 2.20. The van der Waals surface area contributed by atoms with Crippen LogP contribution in [0, 0.1) is 0 Å². The number of carbonyl (C=O) groups is 1. The number of nitrogens with zero attached hydrogens (tertiary/aromatic N) is 1. The van der Waals surface area contributed by atoms with E-state index in [1.807, 2.05) is 0 Å². The van der Waals surface area contributed by atoms with E-state index in [0.717, 1.165) is 0 Å². The van der Waals surface area contributed by atoms with Crippen LogP contribution in [0.25, 0.3) is 11.0 Å². The summed E-state index contributed by atoms with van der Waals surface area (Å²) in [6.45, 7) is 1.86. The lowest BCUT2D eigenvalue weighted by atomic mass is 10.2. The SMILES string of the molecule is CCOC(=O)c1cc2c(Br)nccc2oc1=O. The molecule has 0 saturated heterocycles. The highest BCUT2D eigenvalue weighted by atomic mass is 79.9. The third kappa shape index (κ3) is 2.21. The minimum absolute atomic E-state index is 0.131. The first-order chi connectivity index (χ1) is 8.13. The van der Waals surface area contributed by atoms with Crippen LogP contribution in [0.4, 0.5) is 0 Å². The second-order valence-corrected chi connectivity index (χ2v) is 3.93. The van der Waals surface area contributed by atoms with Gasteiger partial charge in [-0.3, -0.25) is 0 Å². The molecule has 5 nitrogen and oxygen atoms in total. The quantitative estimate of drug-likeness (QED) is 0.627. The third-order valence-electron chi connectivity index (χ3n) is 2.11. The van der Waals surface area contributed by atoms with Gasteiger partial charge < -0.3 is 9.15 Å². The standard InChI is InChI=1S/C11H8BrNO4/c1-2-16-10(14)7-5-6-8(17-11(7)15)3-4-13-9(6)12/h3-5H,2H2,1H3. The number of hydrogen-bond acceptors (Lipinski definition) is 5. The van der Waals surface area contributed by atoms with Crippen LogP contribution in [0.5, 0.6) is 0 Å². The van der Waals surface area contributed by atoms with Crippen LogP contribution >= 0.6 is 15.9 Å². The number of hydrogen-bond donors (Lipinski definition) is 0. The van der Waals surface area contributed by atoms with Crippen LogP contribution in [-0.4, -0.2) is 17.6 Å². The van der Waals surface area contributed by atoms with Crippen molar-refractivity contribution in [1.29, 1.82) is 0 Å². The largest absolute Gasteiger partial charge is 0.462 e. The van der Waals surface area contributed by atoms with Gasteiger partial charge in [0.2, 0.25) is 0 Å². The zero-order valence-corrected chi connectivity index (χ0v) is 10.5. The maximum atomic E-state index is 11.6. The van der Waals surface area contributed by atoms with Crippen molar-refractivity contribution in [1.82, 2.24) is 4.98 Å². The topological polar surface area (TPSA) is 69.4 Å². The van der Waals surface area contributed by atoms with Gasteiger partial charge >= 0.3 is 11.6 Å². The fourth-order valence-corrected chi connectivity index (χ4v) is 1.79. The van der Waals surface area contributed by atoms with E-state index in [4.69, 9.17) is 9.15 Å². The molecule has 0 amide bonds. The second-order valence-electron chi connectivity index (χ2n) is 3.18. The summed E-state index contributed by atoms with van der Waals surface area (Å²) in [6.07, 6.45) is 1.50. The molecule has 0 spiro atoms. The number of aromatic nitrogens is 1. The lowest BCUT2D eigenvalue weighted by Crippen LogP contribution is -2.16. The van der Waals surface area contributed by atoms with Gasteiger partial charge in [0.15, 0.2) is 0 Å². The summed E-state index contributed by atoms with van der Waals surface area (Å²) in [5.74, 6) is -0.695. The van der Waals surface area contributed by atoms with Crippen LogP contribution in [0.15, 0.2) is 32.1 Å². The first-order valence-corrected chi connectivity index (χ1v) is 5.68. The number of carbonyl (C=O) groups excluding carboxylic acids is 1. The van der Waals surface area contributed by atoms with E-state index in [-0.39, 0.29) is 12.2 Å². The number of fused-ring (bicyclic) bond motifs is 1. The van der Waals surface area contributed by atoms with Gasteiger partial charge in [-0.2, -0.15) is 0 Å². The van der Waals surface area contributed by atoms with Crippen LogP contribution in [0.1, 0.15) is 17.3 Å². The van der Waals surface area contributed by atoms with Gasteiger partial charge in [-0.1, -0.05) is 0 Å². The minimum Gasteiger partial charge on any atom is -0.462 e. The maximum absolute atomic E-state index is 11.6. The molecule has 2 heterocycles. The van der Waals surface area contributed by atoms with Crippen molar-refractivity contribution in [2.45, 2.75) is 6.92 Å². The Morgan fingerprint density at radius 3 is 3.06 bits per heavy atom. The van der Waals surface area contributed by atoms with Crippen LogP contribution in [-0.2, 0) is 4.74 Å². The molecule has 2 aromatic rings. The van der Waals surface area contributed by atoms with E-state index in [0.29, 0.717) is 15.6 Å². The van der Waals surface area contributed by atoms with Gasteiger partial charge in [0, 0.05) is 6.20 Å². The molecular formula is C11H8BrNO4. The summed E-state index contributed by atoms with van der Waals surface area (Å²) in [5.41, 5.74) is -0.480. The fraction of sp³-hybridized carbons (Fsp3) is 0.182. The van der Waals surface area contributed by atoms with Gasteiger partial charge in [-0.25, -0.2) is 14.6 Å². The average Bonchev–Trinajstić information content (AvgIpc) is 2.29. The smallest absolute Gasteiger partial charge is 0.351 e. The van der Waals surface area contributed by atoms with Crippen molar-refractivity contribution in [2.24, 2.45) is 0 Å². The number of esters is 1. The second kappa shape index (κ2) is 4.67. The van der Waals surface area contributed by atoms with Crippen molar-refractivity contribution in [3.63, 3.8) is 0 Å². The summed E-state index contributed by atoms with van der Waals surface area (Å²) in [7, 11) is 0. The Bertz CT molecular complexity index is 635. The molecule has 0 aliphatic carbocycles. The zero-order valence-electron chi connectivity index (χ0n) is 8.90. The van der Waals surface area contributed by atoms with Crippen molar-refractivity contribution < 1.29 is 13.9 Å². The molecule has 0 aromatic carbocycles. The number of pyridine rings is 1. The molecule has 0 atom stereocenters. The molecule has 17 heavy (non-hydrogen) atoms. The van der Waals surface area contributed by atoms with Gasteiger partial charge in [-0.15, -0.1) is 0 Å². The van der Waals surface area contributed by atoms with Crippen molar-refractivity contribution >= 4 is 32.9 Å². The molecule has 0 N–H and O–H groups in total. The van der Waals surface area contributed by atoms with E-state index >= 15 is 0 Å². The Labute approximate surface area is 105 Å². The van der Waals surface area contributed by atoms with Gasteiger partial charge in [0.25, 0.3) is 0 Å². The molecule has 6 heteroatoms. The van der Waals surface area contributed by atoms with Crippen molar-refractivity contribution in [2.75, 3.05) is 6.61 Å². The molecule has 0 bridgehead atoms. The molecule has 2 aromatic heterocycles. The monoisotopic (exact) mass is 297 g/mol. The summed E-state index contributed by atoms with van der Waals surface area (Å²) in [6, 6.07) is 2.96. The summed E-state index contributed by atoms with van der Waals surface area (Å²) < 4.78 is 10.3. The van der Waals surface area contributed by atoms with Gasteiger partial charge in [0.1, 0.15) is 15.7 Å². The lowest BCUT2D eigenvalue weighted by Gasteiger charge is -2.02. The van der Waals surface area contributed by atoms with E-state index in [9.17, 15) is 9.59 Å². The molecule has 0 fully saturated rings. The number of rotatable bonds is 2. The Hall–Kier alpha value is -1.69. The normalized spacial score (nSPS) is 10.5. The molecule has 0 unspecified atom stereocenters. The van der Waals surface area contributed by atoms with E-state index in [1.165, 1.54) is 12.3 Å². The summed E-state index contributed by atoms with van der Waals surface area (Å²) >= 11 is 3.22. The van der Waals surface area contributed by atoms with Gasteiger partial charge in [0.05, 0.1) is 12.0 Å². The molecule has 0 saturated carbocycles. The maximum Gasteiger partial charge on any atom is 0.351 e. The lowest BCUT2D eigenvalue weighted by molar-refractivity contribution is 0.0522. The predicted molar refractivity (Wildman–Crippen MR) is 63.9 cm³/mol. The third-order valence-corrected chi connectivity index (χ3v) is 2.74. The van der Waals surface area contributed by atoms with Gasteiger partial charge in [-0.05, 0) is 35.0 Å².